The molecule has 0 saturated carbocycles. The second-order valence-corrected chi connectivity index (χ2v) is 5.27. The zero-order valence-electron chi connectivity index (χ0n) is 6.27. The van der Waals surface area contributed by atoms with Gasteiger partial charge in [-0.05, 0) is 6.92 Å². The van der Waals surface area contributed by atoms with Gasteiger partial charge in [0.15, 0.2) is 5.56 Å². The molecule has 78 valence electrons. The van der Waals surface area contributed by atoms with Crippen molar-refractivity contribution < 1.29 is 14.3 Å². The van der Waals surface area contributed by atoms with Gasteiger partial charge < -0.3 is 9.47 Å². The molecular formula is C5H5Cl5O3. The van der Waals surface area contributed by atoms with Gasteiger partial charge in [-0.1, -0.05) is 58.0 Å². The Morgan fingerprint density at radius 3 is 2.00 bits per heavy atom. The van der Waals surface area contributed by atoms with E-state index in [1.807, 2.05) is 0 Å². The average Bonchev–Trinajstić information content (AvgIpc) is 1.82. The molecule has 13 heavy (non-hydrogen) atoms. The van der Waals surface area contributed by atoms with Crippen molar-refractivity contribution in [1.82, 2.24) is 0 Å². The molecule has 2 unspecified atom stereocenters. The van der Waals surface area contributed by atoms with Gasteiger partial charge in [0.25, 0.3) is 0 Å². The van der Waals surface area contributed by atoms with E-state index in [1.54, 1.807) is 0 Å². The lowest BCUT2D eigenvalue weighted by Crippen LogP contribution is -2.27. The maximum atomic E-state index is 10.7. The summed E-state index contributed by atoms with van der Waals surface area (Å²) in [5, 5.41) is 0. The topological polar surface area (TPSA) is 35.5 Å². The molecule has 0 heterocycles. The maximum Gasteiger partial charge on any atom is 0.511 e. The highest BCUT2D eigenvalue weighted by molar-refractivity contribution is 6.70. The number of hydrogen-bond donors (Lipinski definition) is 0. The molecule has 0 spiro atoms. The fourth-order valence-electron chi connectivity index (χ4n) is 0.312. The van der Waals surface area contributed by atoms with Crippen LogP contribution in [0, 0.1) is 0 Å². The number of halogens is 5. The molecule has 0 aromatic carbocycles. The van der Waals surface area contributed by atoms with Gasteiger partial charge in [-0.25, -0.2) is 4.79 Å². The molecule has 0 fully saturated rings. The summed E-state index contributed by atoms with van der Waals surface area (Å²) in [6, 6.07) is 0. The Morgan fingerprint density at radius 1 is 1.23 bits per heavy atom. The summed E-state index contributed by atoms with van der Waals surface area (Å²) in [5.74, 6) is 0. The fraction of sp³-hybridized carbons (Fsp3) is 0.800. The largest absolute Gasteiger partial charge is 0.511 e. The standard InChI is InChI=1S/C5H5Cl5O3/c1-2(6)12-4(11)13-3(7)5(8,9)10/h2-3H,1H3. The quantitative estimate of drug-likeness (QED) is 0.575. The Hall–Kier alpha value is 0.720. The van der Waals surface area contributed by atoms with Gasteiger partial charge in [-0.15, -0.1) is 0 Å². The lowest BCUT2D eigenvalue weighted by Gasteiger charge is -2.18. The molecule has 3 nitrogen and oxygen atoms in total. The number of rotatable bonds is 2. The van der Waals surface area contributed by atoms with Crippen LogP contribution in [0.25, 0.3) is 0 Å². The third kappa shape index (κ3) is 6.75. The van der Waals surface area contributed by atoms with E-state index in [-0.39, 0.29) is 0 Å². The summed E-state index contributed by atoms with van der Waals surface area (Å²) >= 11 is 26.6. The second kappa shape index (κ2) is 5.56. The van der Waals surface area contributed by atoms with Crippen molar-refractivity contribution in [3.05, 3.63) is 0 Å². The maximum absolute atomic E-state index is 10.7. The summed E-state index contributed by atoms with van der Waals surface area (Å²) in [6.07, 6.45) is -1.10. The van der Waals surface area contributed by atoms with Gasteiger partial charge >= 0.3 is 6.16 Å². The zero-order chi connectivity index (χ0) is 10.6. The summed E-state index contributed by atoms with van der Waals surface area (Å²) < 4.78 is 6.80. The van der Waals surface area contributed by atoms with Crippen LogP contribution in [0.4, 0.5) is 4.79 Å². The highest BCUT2D eigenvalue weighted by Gasteiger charge is 2.35. The van der Waals surface area contributed by atoms with E-state index in [1.165, 1.54) is 6.92 Å². The lowest BCUT2D eigenvalue weighted by molar-refractivity contribution is 0.0413. The SMILES string of the molecule is CC(Cl)OC(=O)OC(Cl)C(Cl)(Cl)Cl. The third-order valence-corrected chi connectivity index (χ3v) is 2.15. The van der Waals surface area contributed by atoms with Crippen molar-refractivity contribution in [1.29, 1.82) is 0 Å². The fourth-order valence-corrected chi connectivity index (χ4v) is 0.591. The first-order chi connectivity index (χ1) is 5.73. The molecule has 0 rings (SSSR count). The molecule has 0 aliphatic rings. The predicted molar refractivity (Wildman–Crippen MR) is 52.8 cm³/mol. The van der Waals surface area contributed by atoms with Crippen molar-refractivity contribution in [3.8, 4) is 0 Å². The number of carbonyl (C=O) groups excluding carboxylic acids is 1. The molecule has 0 aliphatic heterocycles. The van der Waals surface area contributed by atoms with Crippen LogP contribution in [0.2, 0.25) is 0 Å². The molecule has 0 aromatic heterocycles. The highest BCUT2D eigenvalue weighted by Crippen LogP contribution is 2.34. The summed E-state index contributed by atoms with van der Waals surface area (Å²) in [5.41, 5.74) is -2.27. The van der Waals surface area contributed by atoms with Gasteiger partial charge in [0.2, 0.25) is 9.36 Å². The van der Waals surface area contributed by atoms with Crippen molar-refractivity contribution in [2.45, 2.75) is 21.8 Å². The summed E-state index contributed by atoms with van der Waals surface area (Å²) in [6.45, 7) is 1.42. The van der Waals surface area contributed by atoms with Crippen molar-refractivity contribution in [2.75, 3.05) is 0 Å². The smallest absolute Gasteiger partial charge is 0.415 e. The molecule has 0 bridgehead atoms. The number of ether oxygens (including phenoxy) is 2. The van der Waals surface area contributed by atoms with E-state index in [4.69, 9.17) is 58.0 Å². The van der Waals surface area contributed by atoms with E-state index < -0.39 is 21.1 Å². The van der Waals surface area contributed by atoms with Crippen LogP contribution < -0.4 is 0 Å². The number of hydrogen-bond acceptors (Lipinski definition) is 3. The zero-order valence-corrected chi connectivity index (χ0v) is 10.0. The first-order valence-electron chi connectivity index (χ1n) is 2.95. The Labute approximate surface area is 100 Å². The Morgan fingerprint density at radius 2 is 1.69 bits per heavy atom. The van der Waals surface area contributed by atoms with E-state index in [0.717, 1.165) is 0 Å². The first kappa shape index (κ1) is 13.7. The Bertz CT molecular complexity index is 177. The second-order valence-electron chi connectivity index (χ2n) is 1.89. The van der Waals surface area contributed by atoms with Crippen LogP contribution in [0.1, 0.15) is 6.92 Å². The van der Waals surface area contributed by atoms with Crippen LogP contribution >= 0.6 is 58.0 Å². The van der Waals surface area contributed by atoms with Crippen LogP contribution in [-0.4, -0.2) is 21.1 Å². The normalized spacial score (nSPS) is 16.2. The number of carbonyl (C=O) groups is 1. The van der Waals surface area contributed by atoms with Crippen LogP contribution in [0.5, 0.6) is 0 Å². The molecule has 0 saturated heterocycles. The Kier molecular flexibility index (Phi) is 5.87. The van der Waals surface area contributed by atoms with E-state index in [2.05, 4.69) is 9.47 Å². The van der Waals surface area contributed by atoms with Gasteiger partial charge in [0.05, 0.1) is 0 Å². The molecule has 8 heteroatoms. The van der Waals surface area contributed by atoms with Gasteiger partial charge in [-0.3, -0.25) is 0 Å². The molecule has 0 radical (unpaired) electrons. The van der Waals surface area contributed by atoms with Crippen molar-refractivity contribution in [2.24, 2.45) is 0 Å². The predicted octanol–water partition coefficient (Wildman–Crippen LogP) is 3.66. The molecule has 0 aliphatic carbocycles. The lowest BCUT2D eigenvalue weighted by atomic mass is 10.8. The molecule has 0 amide bonds. The van der Waals surface area contributed by atoms with Gasteiger partial charge in [-0.2, -0.15) is 0 Å². The van der Waals surface area contributed by atoms with Crippen LogP contribution in [0.15, 0.2) is 0 Å². The van der Waals surface area contributed by atoms with Crippen LogP contribution in [0.3, 0.4) is 0 Å². The Balaban J connectivity index is 3.93. The molecular weight excluding hydrogens is 285 g/mol. The van der Waals surface area contributed by atoms with E-state index in [0.29, 0.717) is 0 Å². The molecule has 0 aromatic rings. The van der Waals surface area contributed by atoms with Gasteiger partial charge in [0.1, 0.15) is 0 Å². The monoisotopic (exact) mass is 288 g/mol. The third-order valence-electron chi connectivity index (χ3n) is 0.716. The van der Waals surface area contributed by atoms with Crippen molar-refractivity contribution >= 4 is 64.2 Å². The van der Waals surface area contributed by atoms with Gasteiger partial charge in [0, 0.05) is 0 Å². The average molecular weight is 290 g/mol. The molecule has 0 N–H and O–H groups in total. The minimum atomic E-state index is -1.91. The van der Waals surface area contributed by atoms with E-state index in [9.17, 15) is 4.79 Å². The molecule has 2 atom stereocenters. The summed E-state index contributed by atoms with van der Waals surface area (Å²) in [4.78, 5) is 10.7. The minimum Gasteiger partial charge on any atom is -0.415 e. The van der Waals surface area contributed by atoms with E-state index >= 15 is 0 Å². The minimum absolute atomic E-state index is 0.841. The highest BCUT2D eigenvalue weighted by atomic mass is 35.6. The van der Waals surface area contributed by atoms with Crippen LogP contribution in [-0.2, 0) is 9.47 Å². The number of alkyl halides is 5. The summed E-state index contributed by atoms with van der Waals surface area (Å²) in [7, 11) is 0. The first-order valence-corrected chi connectivity index (χ1v) is 4.96. The van der Waals surface area contributed by atoms with Crippen molar-refractivity contribution in [3.63, 3.8) is 0 Å².